The average molecular weight is 468 g/mol. The highest BCUT2D eigenvalue weighted by Gasteiger charge is 2.41. The first kappa shape index (κ1) is 21.4. The number of alkyl halides is 3. The van der Waals surface area contributed by atoms with Gasteiger partial charge in [0.15, 0.2) is 5.69 Å². The van der Waals surface area contributed by atoms with Gasteiger partial charge in [0.25, 0.3) is 5.91 Å². The van der Waals surface area contributed by atoms with Crippen LogP contribution in [0.15, 0.2) is 55.0 Å². The molecule has 0 saturated carbocycles. The molecule has 34 heavy (non-hydrogen) atoms. The van der Waals surface area contributed by atoms with Gasteiger partial charge in [0.1, 0.15) is 11.3 Å². The number of benzene rings is 2. The normalized spacial score (nSPS) is 13.1. The van der Waals surface area contributed by atoms with Crippen LogP contribution in [0.3, 0.4) is 0 Å². The van der Waals surface area contributed by atoms with E-state index in [-0.39, 0.29) is 29.1 Å². The lowest BCUT2D eigenvalue weighted by atomic mass is 10.1. The van der Waals surface area contributed by atoms with Crippen molar-refractivity contribution >= 4 is 28.3 Å². The Morgan fingerprint density at radius 2 is 1.76 bits per heavy atom. The Bertz CT molecular complexity index is 1460. The Kier molecular flexibility index (Phi) is 4.78. The largest absolute Gasteiger partial charge is 0.497 e. The van der Waals surface area contributed by atoms with Gasteiger partial charge in [-0.05, 0) is 29.8 Å². The minimum Gasteiger partial charge on any atom is -0.497 e. The van der Waals surface area contributed by atoms with Gasteiger partial charge >= 0.3 is 12.1 Å². The fourth-order valence-electron chi connectivity index (χ4n) is 4.12. The number of rotatable bonds is 5. The van der Waals surface area contributed by atoms with Crippen molar-refractivity contribution in [1.29, 1.82) is 0 Å². The van der Waals surface area contributed by atoms with Crippen LogP contribution in [0.25, 0.3) is 16.5 Å². The second-order valence-corrected chi connectivity index (χ2v) is 7.57. The third kappa shape index (κ3) is 3.24. The zero-order valence-corrected chi connectivity index (χ0v) is 17.5. The lowest BCUT2D eigenvalue weighted by Gasteiger charge is -2.19. The summed E-state index contributed by atoms with van der Waals surface area (Å²) in [4.78, 5) is 30.1. The molecular formula is C23H15F3N4O4. The number of aromatic carboxylic acids is 1. The van der Waals surface area contributed by atoms with Gasteiger partial charge in [-0.2, -0.15) is 18.3 Å². The van der Waals surface area contributed by atoms with E-state index < -0.39 is 23.4 Å². The molecule has 0 bridgehead atoms. The molecule has 1 amide bonds. The summed E-state index contributed by atoms with van der Waals surface area (Å²) in [6, 6.07) is 10.0. The van der Waals surface area contributed by atoms with E-state index in [1.54, 1.807) is 19.2 Å². The number of hydrogen-bond acceptors (Lipinski definition) is 5. The first-order chi connectivity index (χ1) is 16.2. The molecular weight excluding hydrogens is 453 g/mol. The molecule has 1 aliphatic rings. The number of carbonyl (C=O) groups excluding carboxylic acids is 1. The lowest BCUT2D eigenvalue weighted by molar-refractivity contribution is -0.143. The van der Waals surface area contributed by atoms with Crippen molar-refractivity contribution in [2.75, 3.05) is 12.0 Å². The SMILES string of the molecule is COc1ccc(CN2C(=O)c3cncc4c(-n5ncc(C(=O)O)c5C(F)(F)F)ccc2c34)cc1. The van der Waals surface area contributed by atoms with Crippen LogP contribution in [0.5, 0.6) is 5.75 Å². The topological polar surface area (TPSA) is 97.5 Å². The number of ether oxygens (including phenoxy) is 1. The Balaban J connectivity index is 1.65. The number of carboxylic acid groups (broad SMARTS) is 1. The number of carboxylic acids is 1. The molecule has 2 aromatic carbocycles. The summed E-state index contributed by atoms with van der Waals surface area (Å²) in [5, 5.41) is 13.6. The molecule has 0 atom stereocenters. The molecule has 172 valence electrons. The maximum Gasteiger partial charge on any atom is 0.434 e. The zero-order valence-electron chi connectivity index (χ0n) is 17.5. The minimum atomic E-state index is -4.98. The monoisotopic (exact) mass is 468 g/mol. The van der Waals surface area contributed by atoms with Gasteiger partial charge in [0.05, 0.1) is 36.8 Å². The summed E-state index contributed by atoms with van der Waals surface area (Å²) in [5.74, 6) is -1.43. The number of halogens is 3. The van der Waals surface area contributed by atoms with Gasteiger partial charge in [0, 0.05) is 23.2 Å². The quantitative estimate of drug-likeness (QED) is 0.469. The predicted octanol–water partition coefficient (Wildman–Crippen LogP) is 4.31. The molecule has 2 aromatic heterocycles. The van der Waals surface area contributed by atoms with E-state index in [1.807, 2.05) is 12.1 Å². The molecule has 11 heteroatoms. The van der Waals surface area contributed by atoms with Crippen molar-refractivity contribution in [2.24, 2.45) is 0 Å². The number of methoxy groups -OCH3 is 1. The van der Waals surface area contributed by atoms with Crippen molar-refractivity contribution in [1.82, 2.24) is 14.8 Å². The number of aromatic nitrogens is 3. The van der Waals surface area contributed by atoms with E-state index in [9.17, 15) is 27.9 Å². The number of nitrogens with zero attached hydrogens (tertiary/aromatic N) is 4. The van der Waals surface area contributed by atoms with E-state index in [0.717, 1.165) is 5.56 Å². The van der Waals surface area contributed by atoms with Crippen LogP contribution < -0.4 is 9.64 Å². The number of anilines is 1. The smallest absolute Gasteiger partial charge is 0.434 e. The summed E-state index contributed by atoms with van der Waals surface area (Å²) in [6.07, 6.45) is -1.62. The molecule has 3 heterocycles. The highest BCUT2D eigenvalue weighted by Crippen LogP contribution is 2.42. The summed E-state index contributed by atoms with van der Waals surface area (Å²) >= 11 is 0. The predicted molar refractivity (Wildman–Crippen MR) is 114 cm³/mol. The maximum absolute atomic E-state index is 13.8. The van der Waals surface area contributed by atoms with Gasteiger partial charge in [-0.1, -0.05) is 12.1 Å². The van der Waals surface area contributed by atoms with Crippen molar-refractivity contribution < 1.29 is 32.6 Å². The Morgan fingerprint density at radius 1 is 1.06 bits per heavy atom. The second kappa shape index (κ2) is 7.58. The Hall–Kier alpha value is -4.41. The molecule has 0 fully saturated rings. The van der Waals surface area contributed by atoms with E-state index in [0.29, 0.717) is 27.7 Å². The molecule has 8 nitrogen and oxygen atoms in total. The fraction of sp³-hybridized carbons (Fsp3) is 0.130. The van der Waals surface area contributed by atoms with Crippen LogP contribution in [0.2, 0.25) is 0 Å². The van der Waals surface area contributed by atoms with Crippen molar-refractivity contribution in [2.45, 2.75) is 12.7 Å². The third-order valence-corrected chi connectivity index (χ3v) is 5.64. The van der Waals surface area contributed by atoms with Crippen LogP contribution in [-0.2, 0) is 12.7 Å². The fourth-order valence-corrected chi connectivity index (χ4v) is 4.12. The first-order valence-electron chi connectivity index (χ1n) is 9.95. The van der Waals surface area contributed by atoms with Crippen LogP contribution in [-0.4, -0.2) is 38.9 Å². The van der Waals surface area contributed by atoms with E-state index in [4.69, 9.17) is 4.74 Å². The number of hydrogen-bond donors (Lipinski definition) is 1. The zero-order chi connectivity index (χ0) is 24.2. The molecule has 0 unspecified atom stereocenters. The summed E-state index contributed by atoms with van der Waals surface area (Å²) in [5.41, 5.74) is -0.851. The average Bonchev–Trinajstić information content (AvgIpc) is 3.37. The highest BCUT2D eigenvalue weighted by molar-refractivity contribution is 6.25. The van der Waals surface area contributed by atoms with Crippen molar-refractivity contribution in [3.8, 4) is 11.4 Å². The minimum absolute atomic E-state index is 0.0352. The second-order valence-electron chi connectivity index (χ2n) is 7.57. The molecule has 0 spiro atoms. The van der Waals surface area contributed by atoms with Gasteiger partial charge in [-0.15, -0.1) is 0 Å². The van der Waals surface area contributed by atoms with E-state index in [1.165, 1.54) is 29.4 Å². The molecule has 1 N–H and O–H groups in total. The van der Waals surface area contributed by atoms with E-state index in [2.05, 4.69) is 10.1 Å². The number of carbonyl (C=O) groups is 2. The van der Waals surface area contributed by atoms with Crippen LogP contribution in [0.1, 0.15) is 32.0 Å². The highest BCUT2D eigenvalue weighted by atomic mass is 19.4. The van der Waals surface area contributed by atoms with Crippen molar-refractivity contribution in [3.63, 3.8) is 0 Å². The van der Waals surface area contributed by atoms with Crippen LogP contribution in [0, 0.1) is 0 Å². The third-order valence-electron chi connectivity index (χ3n) is 5.64. The maximum atomic E-state index is 13.8. The lowest BCUT2D eigenvalue weighted by Crippen LogP contribution is -2.26. The number of amides is 1. The first-order valence-corrected chi connectivity index (χ1v) is 9.95. The molecule has 1 aliphatic heterocycles. The molecule has 0 radical (unpaired) electrons. The van der Waals surface area contributed by atoms with Gasteiger partial charge in [0.2, 0.25) is 0 Å². The molecule has 4 aromatic rings. The standard InChI is InChI=1S/C23H15F3N4O4/c1-34-13-4-2-12(3-5-13)11-29-18-7-6-17(14-8-27-9-15(19(14)18)21(29)31)30-20(23(24,25)26)16(10-28-30)22(32)33/h2-10H,11H2,1H3,(H,32,33). The van der Waals surface area contributed by atoms with Gasteiger partial charge < -0.3 is 14.7 Å². The van der Waals surface area contributed by atoms with Crippen LogP contribution >= 0.6 is 0 Å². The van der Waals surface area contributed by atoms with Crippen molar-refractivity contribution in [3.05, 3.63) is 77.4 Å². The van der Waals surface area contributed by atoms with Gasteiger partial charge in [-0.25, -0.2) is 9.48 Å². The molecule has 0 aliphatic carbocycles. The Morgan fingerprint density at radius 3 is 2.41 bits per heavy atom. The van der Waals surface area contributed by atoms with Gasteiger partial charge in [-0.3, -0.25) is 9.78 Å². The summed E-state index contributed by atoms with van der Waals surface area (Å²) in [7, 11) is 1.55. The number of pyridine rings is 1. The van der Waals surface area contributed by atoms with Crippen LogP contribution in [0.4, 0.5) is 18.9 Å². The van der Waals surface area contributed by atoms with E-state index >= 15 is 0 Å². The summed E-state index contributed by atoms with van der Waals surface area (Å²) < 4.78 is 47.0. The Labute approximate surface area is 189 Å². The molecule has 0 saturated heterocycles. The molecule has 5 rings (SSSR count). The summed E-state index contributed by atoms with van der Waals surface area (Å²) in [6.45, 7) is 0.227.